The molecule has 7 heteroatoms. The summed E-state index contributed by atoms with van der Waals surface area (Å²) in [5.41, 5.74) is 1.23. The van der Waals surface area contributed by atoms with Crippen molar-refractivity contribution >= 4 is 34.8 Å². The summed E-state index contributed by atoms with van der Waals surface area (Å²) < 4.78 is 13.5. The van der Waals surface area contributed by atoms with Gasteiger partial charge >= 0.3 is 0 Å². The molecule has 1 atom stereocenters. The largest absolute Gasteiger partial charge is 0.333 e. The summed E-state index contributed by atoms with van der Waals surface area (Å²) in [4.78, 5) is 31.1. The molecule has 4 nitrogen and oxygen atoms in total. The number of thiophene rings is 1. The van der Waals surface area contributed by atoms with Gasteiger partial charge in [-0.1, -0.05) is 19.1 Å². The van der Waals surface area contributed by atoms with Crippen molar-refractivity contribution in [1.29, 1.82) is 0 Å². The molecule has 0 saturated carbocycles. The van der Waals surface area contributed by atoms with E-state index < -0.39 is 5.41 Å². The smallest absolute Gasteiger partial charge is 0.242 e. The number of benzene rings is 1. The number of hydrogen-bond acceptors (Lipinski definition) is 3. The van der Waals surface area contributed by atoms with E-state index >= 15 is 0 Å². The zero-order chi connectivity index (χ0) is 21.9. The zero-order valence-corrected chi connectivity index (χ0v) is 19.2. The molecule has 1 aromatic heterocycles. The summed E-state index contributed by atoms with van der Waals surface area (Å²) >= 11 is 7.69. The van der Waals surface area contributed by atoms with Gasteiger partial charge in [0.2, 0.25) is 11.8 Å². The second-order valence-corrected chi connectivity index (χ2v) is 9.60. The number of nitrogens with zero attached hydrogens (tertiary/aromatic N) is 2. The molecule has 1 unspecified atom stereocenters. The molecule has 2 amide bonds. The van der Waals surface area contributed by atoms with Crippen molar-refractivity contribution in [3.63, 3.8) is 0 Å². The molecule has 3 rings (SSSR count). The van der Waals surface area contributed by atoms with E-state index in [0.717, 1.165) is 24.0 Å². The molecule has 2 heterocycles. The van der Waals surface area contributed by atoms with E-state index in [0.29, 0.717) is 13.1 Å². The summed E-state index contributed by atoms with van der Waals surface area (Å²) in [6.07, 6.45) is 1.54. The maximum Gasteiger partial charge on any atom is 0.242 e. The molecule has 0 aliphatic carbocycles. The van der Waals surface area contributed by atoms with Gasteiger partial charge in [-0.3, -0.25) is 9.59 Å². The predicted molar refractivity (Wildman–Crippen MR) is 119 cm³/mol. The van der Waals surface area contributed by atoms with Gasteiger partial charge in [0, 0.05) is 23.8 Å². The first kappa shape index (κ1) is 22.8. The van der Waals surface area contributed by atoms with Gasteiger partial charge in [-0.25, -0.2) is 4.39 Å². The van der Waals surface area contributed by atoms with Crippen molar-refractivity contribution in [2.45, 2.75) is 39.7 Å². The van der Waals surface area contributed by atoms with Crippen LogP contribution in [0.3, 0.4) is 0 Å². The highest BCUT2D eigenvalue weighted by Gasteiger charge is 2.36. The highest BCUT2D eigenvalue weighted by Crippen LogP contribution is 2.38. The first-order valence-corrected chi connectivity index (χ1v) is 11.7. The van der Waals surface area contributed by atoms with Crippen molar-refractivity contribution in [1.82, 2.24) is 9.80 Å². The number of carbonyl (C=O) groups excluding carboxylic acids is 2. The lowest BCUT2D eigenvalue weighted by atomic mass is 9.92. The van der Waals surface area contributed by atoms with Gasteiger partial charge in [0.1, 0.15) is 5.82 Å². The second kappa shape index (κ2) is 9.48. The normalized spacial score (nSPS) is 16.3. The van der Waals surface area contributed by atoms with Crippen LogP contribution in [-0.2, 0) is 16.0 Å². The number of halogens is 2. The minimum absolute atomic E-state index is 0.0180. The van der Waals surface area contributed by atoms with Gasteiger partial charge in [0.05, 0.1) is 18.0 Å². The summed E-state index contributed by atoms with van der Waals surface area (Å²) in [6, 6.07) is 8.09. The Kier molecular flexibility index (Phi) is 7.19. The van der Waals surface area contributed by atoms with Gasteiger partial charge < -0.3 is 9.80 Å². The molecule has 1 aromatic carbocycles. The van der Waals surface area contributed by atoms with E-state index in [-0.39, 0.29) is 36.1 Å². The highest BCUT2D eigenvalue weighted by atomic mass is 35.5. The Labute approximate surface area is 186 Å². The Hall–Kier alpha value is -1.92. The fourth-order valence-electron chi connectivity index (χ4n) is 3.85. The third kappa shape index (κ3) is 4.70. The molecule has 0 spiro atoms. The van der Waals surface area contributed by atoms with Crippen LogP contribution in [0.5, 0.6) is 0 Å². The molecule has 2 aromatic rings. The van der Waals surface area contributed by atoms with Crippen LogP contribution in [0.15, 0.2) is 35.7 Å². The van der Waals surface area contributed by atoms with Crippen molar-refractivity contribution in [2.75, 3.05) is 25.5 Å². The molecule has 0 saturated heterocycles. The van der Waals surface area contributed by atoms with Crippen LogP contribution < -0.4 is 0 Å². The lowest BCUT2D eigenvalue weighted by Crippen LogP contribution is -2.50. The Balaban J connectivity index is 1.89. The van der Waals surface area contributed by atoms with E-state index in [1.807, 2.05) is 23.3 Å². The van der Waals surface area contributed by atoms with Gasteiger partial charge in [0.25, 0.3) is 0 Å². The van der Waals surface area contributed by atoms with Crippen molar-refractivity contribution in [2.24, 2.45) is 5.41 Å². The van der Waals surface area contributed by atoms with E-state index in [9.17, 15) is 14.0 Å². The van der Waals surface area contributed by atoms with Gasteiger partial charge in [-0.05, 0) is 61.4 Å². The Morgan fingerprint density at radius 2 is 1.97 bits per heavy atom. The first-order chi connectivity index (χ1) is 14.3. The highest BCUT2D eigenvalue weighted by molar-refractivity contribution is 7.10. The quantitative estimate of drug-likeness (QED) is 0.565. The Morgan fingerprint density at radius 3 is 2.60 bits per heavy atom. The van der Waals surface area contributed by atoms with Gasteiger partial charge in [-0.2, -0.15) is 0 Å². The first-order valence-electron chi connectivity index (χ1n) is 10.2. The third-order valence-corrected chi connectivity index (χ3v) is 7.16. The topological polar surface area (TPSA) is 40.6 Å². The Bertz CT molecular complexity index is 897. The molecule has 0 radical (unpaired) electrons. The molecular formula is C23H28ClFN2O2S. The van der Waals surface area contributed by atoms with Crippen LogP contribution in [0.1, 0.15) is 49.2 Å². The van der Waals surface area contributed by atoms with Crippen LogP contribution in [-0.4, -0.2) is 47.1 Å². The average Bonchev–Trinajstić information content (AvgIpc) is 3.21. The van der Waals surface area contributed by atoms with Crippen LogP contribution >= 0.6 is 22.9 Å². The van der Waals surface area contributed by atoms with Crippen molar-refractivity contribution < 1.29 is 14.0 Å². The van der Waals surface area contributed by atoms with Crippen LogP contribution in [0.2, 0.25) is 0 Å². The van der Waals surface area contributed by atoms with Gasteiger partial charge in [-0.15, -0.1) is 22.9 Å². The summed E-state index contributed by atoms with van der Waals surface area (Å²) in [5.74, 6) is -0.325. The zero-order valence-electron chi connectivity index (χ0n) is 17.7. The van der Waals surface area contributed by atoms with Crippen molar-refractivity contribution in [3.05, 3.63) is 57.5 Å². The number of amides is 2. The third-order valence-electron chi connectivity index (χ3n) is 5.49. The SMILES string of the molecule is CCCN(CC(=O)N1CCc2sccc2C1c1ccc(F)cc1)C(=O)C(C)(C)CCl. The number of fused-ring (bicyclic) bond motifs is 1. The number of hydrogen-bond donors (Lipinski definition) is 0. The molecule has 0 bridgehead atoms. The maximum atomic E-state index is 13.5. The van der Waals surface area contributed by atoms with Crippen LogP contribution in [0.4, 0.5) is 4.39 Å². The van der Waals surface area contributed by atoms with Crippen molar-refractivity contribution in [3.8, 4) is 0 Å². The monoisotopic (exact) mass is 450 g/mol. The summed E-state index contributed by atoms with van der Waals surface area (Å²) in [5, 5.41) is 2.03. The van der Waals surface area contributed by atoms with Gasteiger partial charge in [0.15, 0.2) is 0 Å². The van der Waals surface area contributed by atoms with Crippen LogP contribution in [0, 0.1) is 11.2 Å². The van der Waals surface area contributed by atoms with E-state index in [1.54, 1.807) is 42.2 Å². The number of carbonyl (C=O) groups is 2. The maximum absolute atomic E-state index is 13.5. The average molecular weight is 451 g/mol. The van der Waals surface area contributed by atoms with E-state index in [1.165, 1.54) is 17.0 Å². The Morgan fingerprint density at radius 1 is 1.27 bits per heavy atom. The van der Waals surface area contributed by atoms with E-state index in [4.69, 9.17) is 11.6 Å². The molecule has 0 N–H and O–H groups in total. The molecule has 1 aliphatic rings. The fourth-order valence-corrected chi connectivity index (χ4v) is 4.87. The minimum atomic E-state index is -0.726. The standard InChI is InChI=1S/C23H28ClFN2O2S/c1-4-11-26(22(29)23(2,3)15-24)14-20(28)27-12-9-19-18(10-13-30-19)21(27)16-5-7-17(25)8-6-16/h5-8,10,13,21H,4,9,11-12,14-15H2,1-3H3. The summed E-state index contributed by atoms with van der Waals surface area (Å²) in [7, 11) is 0. The molecular weight excluding hydrogens is 423 g/mol. The number of alkyl halides is 1. The minimum Gasteiger partial charge on any atom is -0.333 e. The lowest BCUT2D eigenvalue weighted by Gasteiger charge is -2.38. The molecule has 1 aliphatic heterocycles. The predicted octanol–water partition coefficient (Wildman–Crippen LogP) is 4.86. The van der Waals surface area contributed by atoms with Crippen LogP contribution in [0.25, 0.3) is 0 Å². The fraction of sp³-hybridized carbons (Fsp3) is 0.478. The molecule has 162 valence electrons. The second-order valence-electron chi connectivity index (χ2n) is 8.33. The molecule has 30 heavy (non-hydrogen) atoms. The molecule has 0 fully saturated rings. The van der Waals surface area contributed by atoms with E-state index in [2.05, 4.69) is 0 Å². The summed E-state index contributed by atoms with van der Waals surface area (Å²) in [6.45, 7) is 6.68. The lowest BCUT2D eigenvalue weighted by molar-refractivity contribution is -0.146. The number of rotatable bonds is 7.